The van der Waals surface area contributed by atoms with Crippen LogP contribution in [0.3, 0.4) is 0 Å². The number of ether oxygens (including phenoxy) is 2. The molecule has 2 rings (SSSR count). The van der Waals surface area contributed by atoms with Crippen LogP contribution in [0.4, 0.5) is 0 Å². The molecule has 0 spiro atoms. The van der Waals surface area contributed by atoms with Gasteiger partial charge in [-0.25, -0.2) is 0 Å². The van der Waals surface area contributed by atoms with E-state index in [0.29, 0.717) is 11.5 Å². The van der Waals surface area contributed by atoms with Gasteiger partial charge in [0, 0.05) is 12.6 Å². The normalized spacial score (nSPS) is 11.7. The van der Waals surface area contributed by atoms with Crippen LogP contribution in [-0.4, -0.2) is 42.5 Å². The Morgan fingerprint density at radius 2 is 1.79 bits per heavy atom. The lowest BCUT2D eigenvalue weighted by Gasteiger charge is -2.29. The van der Waals surface area contributed by atoms with Crippen LogP contribution in [0.2, 0.25) is 0 Å². The van der Waals surface area contributed by atoms with Gasteiger partial charge in [0.05, 0.1) is 7.11 Å². The minimum Gasteiger partial charge on any atom is -0.497 e. The second kappa shape index (κ2) is 10.5. The second-order valence-corrected chi connectivity index (χ2v) is 7.27. The number of carbonyl (C=O) groups is 2. The number of hydrogen-bond acceptors (Lipinski definition) is 4. The summed E-state index contributed by atoms with van der Waals surface area (Å²) in [6, 6.07) is 14.3. The van der Waals surface area contributed by atoms with Crippen molar-refractivity contribution in [3.8, 4) is 11.5 Å². The van der Waals surface area contributed by atoms with Crippen LogP contribution in [0.15, 0.2) is 48.5 Å². The third-order valence-corrected chi connectivity index (χ3v) is 4.53. The highest BCUT2D eigenvalue weighted by Crippen LogP contribution is 2.18. The van der Waals surface area contributed by atoms with Crippen LogP contribution in [0.1, 0.15) is 31.9 Å². The van der Waals surface area contributed by atoms with Gasteiger partial charge in [0.2, 0.25) is 5.91 Å². The van der Waals surface area contributed by atoms with Crippen molar-refractivity contribution in [1.82, 2.24) is 10.2 Å². The fraction of sp³-hybridized carbons (Fsp3) is 0.391. The number of aryl methyl sites for hydroxylation is 1. The minimum atomic E-state index is -0.642. The lowest BCUT2D eigenvalue weighted by molar-refractivity contribution is -0.142. The summed E-state index contributed by atoms with van der Waals surface area (Å²) >= 11 is 0. The van der Waals surface area contributed by atoms with Gasteiger partial charge < -0.3 is 19.7 Å². The van der Waals surface area contributed by atoms with Gasteiger partial charge in [-0.2, -0.15) is 0 Å². The Morgan fingerprint density at radius 3 is 2.45 bits per heavy atom. The van der Waals surface area contributed by atoms with Gasteiger partial charge in [-0.05, 0) is 57.0 Å². The minimum absolute atomic E-state index is 0.0121. The van der Waals surface area contributed by atoms with Crippen molar-refractivity contribution in [2.45, 2.75) is 46.3 Å². The summed E-state index contributed by atoms with van der Waals surface area (Å²) in [6.07, 6.45) is 0. The molecule has 29 heavy (non-hydrogen) atoms. The van der Waals surface area contributed by atoms with Crippen LogP contribution in [0, 0.1) is 6.92 Å². The summed E-state index contributed by atoms with van der Waals surface area (Å²) in [5, 5.41) is 2.87. The third-order valence-electron chi connectivity index (χ3n) is 4.53. The zero-order valence-electron chi connectivity index (χ0n) is 17.8. The summed E-state index contributed by atoms with van der Waals surface area (Å²) in [5.74, 6) is 0.890. The van der Waals surface area contributed by atoms with E-state index in [9.17, 15) is 9.59 Å². The van der Waals surface area contributed by atoms with Gasteiger partial charge in [0.25, 0.3) is 5.91 Å². The Morgan fingerprint density at radius 1 is 1.07 bits per heavy atom. The molecule has 2 aromatic carbocycles. The smallest absolute Gasteiger partial charge is 0.261 e. The van der Waals surface area contributed by atoms with Crippen LogP contribution in [0.25, 0.3) is 0 Å². The van der Waals surface area contributed by atoms with Crippen LogP contribution in [-0.2, 0) is 16.1 Å². The van der Waals surface area contributed by atoms with E-state index in [4.69, 9.17) is 9.47 Å². The monoisotopic (exact) mass is 398 g/mol. The average Bonchev–Trinajstić information content (AvgIpc) is 2.70. The highest BCUT2D eigenvalue weighted by molar-refractivity contribution is 5.88. The quantitative estimate of drug-likeness (QED) is 0.704. The fourth-order valence-electron chi connectivity index (χ4n) is 2.90. The standard InChI is InChI=1S/C23H30N2O4/c1-16(2)24-23(27)18(4)25(14-19-10-8-11-20(13-19)28-5)22(26)15-29-21-12-7-6-9-17(21)3/h6-13,16,18H,14-15H2,1-5H3,(H,24,27)/t18-/m0/s1. The molecular weight excluding hydrogens is 368 g/mol. The van der Waals surface area contributed by atoms with Gasteiger partial charge in [0.15, 0.2) is 6.61 Å². The molecule has 1 atom stereocenters. The summed E-state index contributed by atoms with van der Waals surface area (Å²) in [7, 11) is 1.59. The highest BCUT2D eigenvalue weighted by atomic mass is 16.5. The Balaban J connectivity index is 2.19. The Hall–Kier alpha value is -3.02. The molecule has 0 aliphatic rings. The van der Waals surface area contributed by atoms with Gasteiger partial charge in [-0.3, -0.25) is 9.59 Å². The number of methoxy groups -OCH3 is 1. The molecule has 0 saturated carbocycles. The molecule has 0 aliphatic heterocycles. The predicted molar refractivity (Wildman–Crippen MR) is 113 cm³/mol. The average molecular weight is 399 g/mol. The molecule has 0 saturated heterocycles. The third kappa shape index (κ3) is 6.52. The maximum absolute atomic E-state index is 13.0. The maximum Gasteiger partial charge on any atom is 0.261 e. The number of nitrogens with one attached hydrogen (secondary N) is 1. The van der Waals surface area contributed by atoms with E-state index >= 15 is 0 Å². The lowest BCUT2D eigenvalue weighted by Crippen LogP contribution is -2.50. The Kier molecular flexibility index (Phi) is 8.07. The number of rotatable bonds is 9. The first-order chi connectivity index (χ1) is 13.8. The van der Waals surface area contributed by atoms with Gasteiger partial charge >= 0.3 is 0 Å². The summed E-state index contributed by atoms with van der Waals surface area (Å²) < 4.78 is 11.0. The molecule has 0 fully saturated rings. The topological polar surface area (TPSA) is 67.9 Å². The van der Waals surface area contributed by atoms with Crippen molar-refractivity contribution in [3.05, 3.63) is 59.7 Å². The Labute approximate surface area is 172 Å². The molecular formula is C23H30N2O4. The molecule has 2 amide bonds. The molecule has 0 aromatic heterocycles. The first-order valence-electron chi connectivity index (χ1n) is 9.73. The molecule has 6 heteroatoms. The van der Waals surface area contributed by atoms with E-state index in [2.05, 4.69) is 5.32 Å². The zero-order chi connectivity index (χ0) is 21.4. The summed E-state index contributed by atoms with van der Waals surface area (Å²) in [4.78, 5) is 27.1. The number of amides is 2. The van der Waals surface area contributed by atoms with Crippen molar-refractivity contribution in [3.63, 3.8) is 0 Å². The van der Waals surface area contributed by atoms with E-state index < -0.39 is 6.04 Å². The maximum atomic E-state index is 13.0. The molecule has 6 nitrogen and oxygen atoms in total. The van der Waals surface area contributed by atoms with Gasteiger partial charge in [0.1, 0.15) is 17.5 Å². The number of hydrogen-bond donors (Lipinski definition) is 1. The first-order valence-corrected chi connectivity index (χ1v) is 9.73. The van der Waals surface area contributed by atoms with Crippen molar-refractivity contribution in [2.24, 2.45) is 0 Å². The van der Waals surface area contributed by atoms with Crippen molar-refractivity contribution < 1.29 is 19.1 Å². The van der Waals surface area contributed by atoms with Crippen molar-refractivity contribution in [2.75, 3.05) is 13.7 Å². The molecule has 0 bridgehead atoms. The molecule has 0 aliphatic carbocycles. The van der Waals surface area contributed by atoms with Gasteiger partial charge in [-0.15, -0.1) is 0 Å². The number of benzene rings is 2. The van der Waals surface area contributed by atoms with E-state index in [1.165, 1.54) is 4.90 Å². The van der Waals surface area contributed by atoms with E-state index in [1.54, 1.807) is 14.0 Å². The molecule has 0 unspecified atom stereocenters. The molecule has 0 radical (unpaired) electrons. The van der Waals surface area contributed by atoms with Gasteiger partial charge in [-0.1, -0.05) is 30.3 Å². The SMILES string of the molecule is COc1cccc(CN(C(=O)COc2ccccc2C)[C@@H](C)C(=O)NC(C)C)c1. The molecule has 0 heterocycles. The van der Waals surface area contributed by atoms with Crippen LogP contribution < -0.4 is 14.8 Å². The Bertz CT molecular complexity index is 835. The largest absolute Gasteiger partial charge is 0.497 e. The highest BCUT2D eigenvalue weighted by Gasteiger charge is 2.27. The zero-order valence-corrected chi connectivity index (χ0v) is 17.8. The van der Waals surface area contributed by atoms with E-state index in [-0.39, 0.29) is 31.0 Å². The summed E-state index contributed by atoms with van der Waals surface area (Å²) in [6.45, 7) is 7.56. The van der Waals surface area contributed by atoms with E-state index in [0.717, 1.165) is 11.1 Å². The van der Waals surface area contributed by atoms with Crippen molar-refractivity contribution >= 4 is 11.8 Å². The second-order valence-electron chi connectivity index (χ2n) is 7.27. The lowest BCUT2D eigenvalue weighted by atomic mass is 10.1. The van der Waals surface area contributed by atoms with Crippen LogP contribution >= 0.6 is 0 Å². The van der Waals surface area contributed by atoms with Crippen molar-refractivity contribution in [1.29, 1.82) is 0 Å². The first kappa shape index (κ1) is 22.3. The predicted octanol–water partition coefficient (Wildman–Crippen LogP) is 3.32. The number of carbonyl (C=O) groups excluding carboxylic acids is 2. The molecule has 156 valence electrons. The fourth-order valence-corrected chi connectivity index (χ4v) is 2.90. The molecule has 1 N–H and O–H groups in total. The van der Waals surface area contributed by atoms with Crippen LogP contribution in [0.5, 0.6) is 11.5 Å². The van der Waals surface area contributed by atoms with E-state index in [1.807, 2.05) is 69.3 Å². The molecule has 2 aromatic rings. The number of para-hydroxylation sites is 1. The number of nitrogens with zero attached hydrogens (tertiary/aromatic N) is 1. The summed E-state index contributed by atoms with van der Waals surface area (Å²) in [5.41, 5.74) is 1.82.